The molecule has 0 spiro atoms. The number of nitrogens with one attached hydrogen (secondary N) is 1. The number of methoxy groups -OCH3 is 1. The Balaban J connectivity index is 2.45. The van der Waals surface area contributed by atoms with Gasteiger partial charge in [0.25, 0.3) is 0 Å². The topological polar surface area (TPSA) is 123 Å². The van der Waals surface area contributed by atoms with Gasteiger partial charge in [0.1, 0.15) is 12.3 Å². The molecule has 1 aromatic carbocycles. The van der Waals surface area contributed by atoms with Crippen LogP contribution in [-0.4, -0.2) is 35.7 Å². The Bertz CT molecular complexity index is 995. The molecule has 2 rings (SSSR count). The summed E-state index contributed by atoms with van der Waals surface area (Å²) >= 11 is 0. The van der Waals surface area contributed by atoms with Crippen LogP contribution >= 0.6 is 0 Å². The summed E-state index contributed by atoms with van der Waals surface area (Å²) in [6.45, 7) is -0.263. The van der Waals surface area contributed by atoms with Crippen LogP contribution in [0.2, 0.25) is 0 Å². The molecule has 0 bridgehead atoms. The standard InChI is InChI=1S/C16H11NO7/c1-23-15(20)3-2-6-24-14-7-9-10(4-5-12(14)18)17-11(16(21)22)8-13(9)19/h4-5,7-8H,6H2,1H3,(H,17,19)(H,21,22). The molecule has 0 aliphatic rings. The van der Waals surface area contributed by atoms with Gasteiger partial charge in [-0.3, -0.25) is 9.59 Å². The number of carboxylic acids is 1. The van der Waals surface area contributed by atoms with Crippen LogP contribution in [0.5, 0.6) is 5.75 Å². The molecule has 2 aromatic rings. The number of aromatic nitrogens is 1. The van der Waals surface area contributed by atoms with Crippen molar-refractivity contribution in [2.75, 3.05) is 13.7 Å². The fourth-order valence-corrected chi connectivity index (χ4v) is 1.81. The van der Waals surface area contributed by atoms with Crippen LogP contribution in [0.3, 0.4) is 0 Å². The number of pyridine rings is 1. The van der Waals surface area contributed by atoms with Gasteiger partial charge < -0.3 is 19.6 Å². The first-order valence-electron chi connectivity index (χ1n) is 6.56. The summed E-state index contributed by atoms with van der Waals surface area (Å²) in [5.74, 6) is 2.29. The van der Waals surface area contributed by atoms with Crippen molar-refractivity contribution in [1.82, 2.24) is 4.98 Å². The summed E-state index contributed by atoms with van der Waals surface area (Å²) in [6.07, 6.45) is 0. The summed E-state index contributed by atoms with van der Waals surface area (Å²) in [6, 6.07) is 4.53. The van der Waals surface area contributed by atoms with Crippen molar-refractivity contribution in [2.24, 2.45) is 0 Å². The summed E-state index contributed by atoms with van der Waals surface area (Å²) in [5, 5.41) is 9.02. The fraction of sp³-hybridized carbons (Fsp3) is 0.125. The largest absolute Gasteiger partial charge is 0.477 e. The number of esters is 1. The number of hydrogen-bond acceptors (Lipinski definition) is 6. The van der Waals surface area contributed by atoms with Gasteiger partial charge in [-0.25, -0.2) is 9.59 Å². The Morgan fingerprint density at radius 2 is 1.96 bits per heavy atom. The highest BCUT2D eigenvalue weighted by molar-refractivity contribution is 5.89. The Morgan fingerprint density at radius 1 is 1.21 bits per heavy atom. The molecular formula is C16H11NO7. The molecule has 24 heavy (non-hydrogen) atoms. The lowest BCUT2D eigenvalue weighted by atomic mass is 10.2. The smallest absolute Gasteiger partial charge is 0.384 e. The van der Waals surface area contributed by atoms with E-state index in [0.29, 0.717) is 0 Å². The number of aromatic amines is 1. The van der Waals surface area contributed by atoms with Crippen molar-refractivity contribution < 1.29 is 24.2 Å². The molecule has 0 saturated heterocycles. The lowest BCUT2D eigenvalue weighted by Gasteiger charge is -1.99. The molecule has 0 aliphatic heterocycles. The maximum atomic E-state index is 12.0. The first kappa shape index (κ1) is 16.8. The predicted molar refractivity (Wildman–Crippen MR) is 83.1 cm³/mol. The van der Waals surface area contributed by atoms with E-state index in [-0.39, 0.29) is 29.0 Å². The summed E-state index contributed by atoms with van der Waals surface area (Å²) in [7, 11) is 1.18. The summed E-state index contributed by atoms with van der Waals surface area (Å²) in [5.41, 5.74) is -1.23. The molecule has 8 heteroatoms. The van der Waals surface area contributed by atoms with Gasteiger partial charge in [-0.1, -0.05) is 0 Å². The second kappa shape index (κ2) is 7.11. The van der Waals surface area contributed by atoms with E-state index in [2.05, 4.69) is 21.6 Å². The zero-order valence-electron chi connectivity index (χ0n) is 12.4. The highest BCUT2D eigenvalue weighted by atomic mass is 16.5. The van der Waals surface area contributed by atoms with E-state index < -0.39 is 22.8 Å². The van der Waals surface area contributed by atoms with Gasteiger partial charge in [0.05, 0.1) is 12.6 Å². The Labute approximate surface area is 134 Å². The van der Waals surface area contributed by atoms with Crippen molar-refractivity contribution in [1.29, 1.82) is 0 Å². The first-order valence-corrected chi connectivity index (χ1v) is 6.56. The van der Waals surface area contributed by atoms with E-state index in [1.165, 1.54) is 19.2 Å². The van der Waals surface area contributed by atoms with Gasteiger partial charge in [-0.15, -0.1) is 0 Å². The average molecular weight is 329 g/mol. The van der Waals surface area contributed by atoms with Crippen molar-refractivity contribution >= 4 is 22.8 Å². The Morgan fingerprint density at radius 3 is 2.62 bits per heavy atom. The zero-order valence-corrected chi connectivity index (χ0v) is 12.4. The van der Waals surface area contributed by atoms with Crippen LogP contribution < -0.4 is 15.6 Å². The van der Waals surface area contributed by atoms with Gasteiger partial charge in [0, 0.05) is 17.4 Å². The summed E-state index contributed by atoms with van der Waals surface area (Å²) in [4.78, 5) is 48.3. The number of rotatable bonds is 3. The number of H-pyrrole nitrogens is 1. The average Bonchev–Trinajstić information content (AvgIpc) is 2.71. The summed E-state index contributed by atoms with van der Waals surface area (Å²) < 4.78 is 9.49. The molecule has 0 radical (unpaired) electrons. The number of fused-ring (bicyclic) bond motifs is 1. The van der Waals surface area contributed by atoms with Crippen molar-refractivity contribution in [3.63, 3.8) is 0 Å². The van der Waals surface area contributed by atoms with Crippen molar-refractivity contribution in [3.8, 4) is 17.6 Å². The van der Waals surface area contributed by atoms with Crippen LogP contribution in [0.4, 0.5) is 0 Å². The normalized spacial score (nSPS) is 9.71. The van der Waals surface area contributed by atoms with Crippen LogP contribution in [0.25, 0.3) is 10.9 Å². The third-order valence-corrected chi connectivity index (χ3v) is 2.93. The van der Waals surface area contributed by atoms with E-state index in [4.69, 9.17) is 9.84 Å². The van der Waals surface area contributed by atoms with E-state index in [0.717, 1.165) is 12.1 Å². The molecule has 0 fully saturated rings. The molecule has 0 unspecified atom stereocenters. The van der Waals surface area contributed by atoms with Gasteiger partial charge in [0.15, 0.2) is 11.2 Å². The number of ether oxygens (including phenoxy) is 2. The molecule has 1 aromatic heterocycles. The van der Waals surface area contributed by atoms with Gasteiger partial charge in [-0.2, -0.15) is 0 Å². The number of aromatic carboxylic acids is 1. The minimum absolute atomic E-state index is 0.0815. The maximum absolute atomic E-state index is 12.0. The molecule has 122 valence electrons. The van der Waals surface area contributed by atoms with Crippen LogP contribution in [0.1, 0.15) is 10.5 Å². The minimum atomic E-state index is -1.29. The van der Waals surface area contributed by atoms with Gasteiger partial charge in [-0.05, 0) is 24.1 Å². The van der Waals surface area contributed by atoms with Crippen LogP contribution in [-0.2, 0) is 9.53 Å². The third-order valence-electron chi connectivity index (χ3n) is 2.93. The zero-order chi connectivity index (χ0) is 17.7. The Kier molecular flexibility index (Phi) is 4.96. The Hall–Kier alpha value is -3.60. The third kappa shape index (κ3) is 3.78. The highest BCUT2D eigenvalue weighted by Gasteiger charge is 2.09. The molecule has 1 heterocycles. The molecule has 0 amide bonds. The maximum Gasteiger partial charge on any atom is 0.384 e. The lowest BCUT2D eigenvalue weighted by Crippen LogP contribution is -2.09. The van der Waals surface area contributed by atoms with Crippen LogP contribution in [0, 0.1) is 11.8 Å². The predicted octanol–water partition coefficient (Wildman–Crippen LogP) is 0.142. The fourth-order valence-electron chi connectivity index (χ4n) is 1.81. The monoisotopic (exact) mass is 329 g/mol. The number of hydrogen-bond donors (Lipinski definition) is 2. The highest BCUT2D eigenvalue weighted by Crippen LogP contribution is 2.11. The molecule has 8 nitrogen and oxygen atoms in total. The number of carboxylic acid groups (broad SMARTS) is 1. The van der Waals surface area contributed by atoms with Crippen molar-refractivity contribution in [3.05, 3.63) is 50.4 Å². The van der Waals surface area contributed by atoms with E-state index >= 15 is 0 Å². The second-order valence-electron chi connectivity index (χ2n) is 4.47. The SMILES string of the molecule is COC(=O)C#CCOc1cc2c(=O)cc(C(=O)O)[nH]c2ccc1=O. The quantitative estimate of drug-likeness (QED) is 0.466. The second-order valence-corrected chi connectivity index (χ2v) is 4.47. The lowest BCUT2D eigenvalue weighted by molar-refractivity contribution is -0.133. The molecule has 0 saturated carbocycles. The molecule has 0 atom stereocenters. The first-order chi connectivity index (χ1) is 11.4. The van der Waals surface area contributed by atoms with E-state index in [1.807, 2.05) is 0 Å². The molecule has 2 N–H and O–H groups in total. The van der Waals surface area contributed by atoms with E-state index in [1.54, 1.807) is 0 Å². The minimum Gasteiger partial charge on any atom is -0.477 e. The van der Waals surface area contributed by atoms with Gasteiger partial charge in [0.2, 0.25) is 5.43 Å². The molecular weight excluding hydrogens is 318 g/mol. The number of carbonyl (C=O) groups excluding carboxylic acids is 1. The molecule has 0 aliphatic carbocycles. The number of carbonyl (C=O) groups is 2. The van der Waals surface area contributed by atoms with Crippen LogP contribution in [0.15, 0.2) is 33.9 Å². The van der Waals surface area contributed by atoms with Crippen molar-refractivity contribution in [2.45, 2.75) is 0 Å². The van der Waals surface area contributed by atoms with Gasteiger partial charge >= 0.3 is 11.9 Å². The van der Waals surface area contributed by atoms with E-state index in [9.17, 15) is 19.2 Å².